The van der Waals surface area contributed by atoms with Gasteiger partial charge in [0.25, 0.3) is 0 Å². The molecule has 1 amide bonds. The molecule has 1 saturated carbocycles. The maximum atomic E-state index is 12.6. The molecule has 1 aliphatic carbocycles. The Kier molecular flexibility index (Phi) is 4.61. The molecule has 2 aliphatic heterocycles. The highest BCUT2D eigenvalue weighted by Gasteiger charge is 2.31. The van der Waals surface area contributed by atoms with Gasteiger partial charge in [-0.2, -0.15) is 0 Å². The van der Waals surface area contributed by atoms with Crippen molar-refractivity contribution in [2.24, 2.45) is 11.7 Å². The number of carbonyl (C=O) groups excluding carboxylic acids is 1. The Balaban J connectivity index is 1.51. The zero-order valence-corrected chi connectivity index (χ0v) is 12.6. The Morgan fingerprint density at radius 3 is 2.55 bits per heavy atom. The van der Waals surface area contributed by atoms with Crippen molar-refractivity contribution in [2.45, 2.75) is 63.5 Å². The average Bonchev–Trinajstić information content (AvgIpc) is 2.78. The summed E-state index contributed by atoms with van der Waals surface area (Å²) in [7, 11) is 0. The van der Waals surface area contributed by atoms with E-state index in [0.29, 0.717) is 23.9 Å². The van der Waals surface area contributed by atoms with E-state index in [-0.39, 0.29) is 0 Å². The summed E-state index contributed by atoms with van der Waals surface area (Å²) in [6.45, 7) is 4.38. The number of fused-ring (bicyclic) bond motifs is 1. The lowest BCUT2D eigenvalue weighted by molar-refractivity contribution is -0.132. The SMILES string of the molecule is NC1CCC(CC(=O)N2CCCN3CCCC3C2)CC1. The van der Waals surface area contributed by atoms with Gasteiger partial charge in [-0.15, -0.1) is 0 Å². The van der Waals surface area contributed by atoms with Gasteiger partial charge >= 0.3 is 0 Å². The molecule has 1 atom stereocenters. The van der Waals surface area contributed by atoms with Crippen LogP contribution in [0.15, 0.2) is 0 Å². The number of amides is 1. The lowest BCUT2D eigenvalue weighted by Gasteiger charge is -2.29. The van der Waals surface area contributed by atoms with Crippen LogP contribution in [0.4, 0.5) is 0 Å². The number of rotatable bonds is 2. The van der Waals surface area contributed by atoms with Crippen molar-refractivity contribution in [3.63, 3.8) is 0 Å². The van der Waals surface area contributed by atoms with E-state index in [1.165, 1.54) is 25.9 Å². The highest BCUT2D eigenvalue weighted by Crippen LogP contribution is 2.27. The van der Waals surface area contributed by atoms with Gasteiger partial charge in [-0.1, -0.05) is 0 Å². The van der Waals surface area contributed by atoms with Crippen LogP contribution < -0.4 is 5.73 Å². The monoisotopic (exact) mass is 279 g/mol. The van der Waals surface area contributed by atoms with E-state index in [1.54, 1.807) is 0 Å². The van der Waals surface area contributed by atoms with E-state index < -0.39 is 0 Å². The van der Waals surface area contributed by atoms with E-state index >= 15 is 0 Å². The van der Waals surface area contributed by atoms with Gasteiger partial charge in [0, 0.05) is 38.1 Å². The highest BCUT2D eigenvalue weighted by atomic mass is 16.2. The van der Waals surface area contributed by atoms with Crippen LogP contribution in [0.25, 0.3) is 0 Å². The number of nitrogens with two attached hydrogens (primary N) is 1. The summed E-state index contributed by atoms with van der Waals surface area (Å²) in [5, 5.41) is 0. The summed E-state index contributed by atoms with van der Waals surface area (Å²) in [6.07, 6.45) is 9.02. The first kappa shape index (κ1) is 14.3. The van der Waals surface area contributed by atoms with E-state index in [1.807, 2.05) is 0 Å². The van der Waals surface area contributed by atoms with Crippen molar-refractivity contribution in [1.82, 2.24) is 9.80 Å². The van der Waals surface area contributed by atoms with E-state index in [0.717, 1.165) is 51.6 Å². The van der Waals surface area contributed by atoms with Crippen LogP contribution in [0.5, 0.6) is 0 Å². The smallest absolute Gasteiger partial charge is 0.222 e. The van der Waals surface area contributed by atoms with Gasteiger partial charge in [0.2, 0.25) is 5.91 Å². The molecule has 3 rings (SSSR count). The maximum absolute atomic E-state index is 12.6. The van der Waals surface area contributed by atoms with Crippen molar-refractivity contribution in [2.75, 3.05) is 26.2 Å². The first-order valence-corrected chi connectivity index (χ1v) is 8.50. The molecule has 20 heavy (non-hydrogen) atoms. The Morgan fingerprint density at radius 2 is 1.75 bits per heavy atom. The highest BCUT2D eigenvalue weighted by molar-refractivity contribution is 5.76. The van der Waals surface area contributed by atoms with Crippen LogP contribution in [0, 0.1) is 5.92 Å². The predicted molar refractivity (Wildman–Crippen MR) is 80.3 cm³/mol. The quantitative estimate of drug-likeness (QED) is 0.835. The summed E-state index contributed by atoms with van der Waals surface area (Å²) < 4.78 is 0. The zero-order valence-electron chi connectivity index (χ0n) is 12.6. The van der Waals surface area contributed by atoms with Crippen LogP contribution in [0.2, 0.25) is 0 Å². The van der Waals surface area contributed by atoms with E-state index in [2.05, 4.69) is 9.80 Å². The lowest BCUT2D eigenvalue weighted by Crippen LogP contribution is -2.40. The number of nitrogens with zero attached hydrogens (tertiary/aromatic N) is 2. The number of hydrogen-bond donors (Lipinski definition) is 1. The molecule has 1 unspecified atom stereocenters. The van der Waals surface area contributed by atoms with Crippen molar-refractivity contribution in [1.29, 1.82) is 0 Å². The standard InChI is InChI=1S/C16H29N3O/c17-14-6-4-13(5-7-14)11-16(20)19-10-2-9-18-8-1-3-15(18)12-19/h13-15H,1-12,17H2. The van der Waals surface area contributed by atoms with Crippen LogP contribution in [-0.2, 0) is 4.79 Å². The van der Waals surface area contributed by atoms with Crippen LogP contribution in [0.1, 0.15) is 51.4 Å². The second kappa shape index (κ2) is 6.44. The maximum Gasteiger partial charge on any atom is 0.222 e. The van der Waals surface area contributed by atoms with Gasteiger partial charge < -0.3 is 10.6 Å². The summed E-state index contributed by atoms with van der Waals surface area (Å²) in [5.74, 6) is 0.990. The van der Waals surface area contributed by atoms with Gasteiger partial charge in [-0.05, 0) is 57.4 Å². The molecular formula is C16H29N3O. The molecule has 2 N–H and O–H groups in total. The normalized spacial score (nSPS) is 35.6. The van der Waals surface area contributed by atoms with Crippen molar-refractivity contribution in [3.05, 3.63) is 0 Å². The molecule has 0 aromatic rings. The fraction of sp³-hybridized carbons (Fsp3) is 0.938. The second-order valence-corrected chi connectivity index (χ2v) is 7.01. The van der Waals surface area contributed by atoms with E-state index in [4.69, 9.17) is 5.73 Å². The van der Waals surface area contributed by atoms with Crippen molar-refractivity contribution in [3.8, 4) is 0 Å². The molecular weight excluding hydrogens is 250 g/mol. The molecule has 0 bridgehead atoms. The summed E-state index contributed by atoms with van der Waals surface area (Å²) in [5.41, 5.74) is 5.95. The molecule has 0 radical (unpaired) electrons. The molecule has 0 spiro atoms. The topological polar surface area (TPSA) is 49.6 Å². The van der Waals surface area contributed by atoms with Gasteiger partial charge in [-0.25, -0.2) is 0 Å². The summed E-state index contributed by atoms with van der Waals surface area (Å²) >= 11 is 0. The molecule has 0 aromatic heterocycles. The molecule has 4 nitrogen and oxygen atoms in total. The third kappa shape index (κ3) is 3.34. The molecule has 3 aliphatic rings. The third-order valence-electron chi connectivity index (χ3n) is 5.51. The summed E-state index contributed by atoms with van der Waals surface area (Å²) in [6, 6.07) is 1.02. The first-order chi connectivity index (χ1) is 9.72. The predicted octanol–water partition coefficient (Wildman–Crippen LogP) is 1.59. The molecule has 114 valence electrons. The zero-order chi connectivity index (χ0) is 13.9. The molecule has 3 fully saturated rings. The summed E-state index contributed by atoms with van der Waals surface area (Å²) in [4.78, 5) is 17.3. The number of carbonyl (C=O) groups is 1. The Labute approximate surface area is 122 Å². The van der Waals surface area contributed by atoms with Crippen molar-refractivity contribution < 1.29 is 4.79 Å². The Bertz CT molecular complexity index is 339. The molecule has 2 heterocycles. The fourth-order valence-electron chi connectivity index (χ4n) is 4.20. The van der Waals surface area contributed by atoms with Gasteiger partial charge in [0.05, 0.1) is 0 Å². The number of hydrogen-bond acceptors (Lipinski definition) is 3. The van der Waals surface area contributed by atoms with Crippen molar-refractivity contribution >= 4 is 5.91 Å². The minimum absolute atomic E-state index is 0.381. The van der Waals surface area contributed by atoms with Gasteiger partial charge in [0.1, 0.15) is 0 Å². The van der Waals surface area contributed by atoms with Crippen LogP contribution in [-0.4, -0.2) is 54.0 Å². The van der Waals surface area contributed by atoms with Crippen LogP contribution >= 0.6 is 0 Å². The fourth-order valence-corrected chi connectivity index (χ4v) is 4.20. The van der Waals surface area contributed by atoms with Crippen LogP contribution in [0.3, 0.4) is 0 Å². The largest absolute Gasteiger partial charge is 0.341 e. The van der Waals surface area contributed by atoms with Gasteiger partial charge in [-0.3, -0.25) is 9.69 Å². The molecule has 0 aromatic carbocycles. The minimum atomic E-state index is 0.381. The Hall–Kier alpha value is -0.610. The van der Waals surface area contributed by atoms with E-state index in [9.17, 15) is 4.79 Å². The Morgan fingerprint density at radius 1 is 1.00 bits per heavy atom. The molecule has 2 saturated heterocycles. The first-order valence-electron chi connectivity index (χ1n) is 8.50. The second-order valence-electron chi connectivity index (χ2n) is 7.01. The average molecular weight is 279 g/mol. The third-order valence-corrected chi connectivity index (χ3v) is 5.51. The van der Waals surface area contributed by atoms with Gasteiger partial charge in [0.15, 0.2) is 0 Å². The lowest BCUT2D eigenvalue weighted by atomic mass is 9.84. The minimum Gasteiger partial charge on any atom is -0.341 e. The molecule has 4 heteroatoms.